The van der Waals surface area contributed by atoms with Gasteiger partial charge in [-0.05, 0) is 175 Å². The minimum atomic E-state index is 0.728. The van der Waals surface area contributed by atoms with Crippen molar-refractivity contribution in [2.45, 2.75) is 0 Å². The molecule has 0 aliphatic rings. The van der Waals surface area contributed by atoms with E-state index in [1.54, 1.807) is 0 Å². The Balaban J connectivity index is 0.979. The van der Waals surface area contributed by atoms with Crippen LogP contribution in [0.5, 0.6) is 0 Å². The van der Waals surface area contributed by atoms with Gasteiger partial charge in [0.05, 0.1) is 5.39 Å². The Morgan fingerprint density at radius 3 is 1.04 bits per heavy atom. The lowest BCUT2D eigenvalue weighted by Gasteiger charge is -2.21. The number of rotatable bonds is 5. The predicted molar refractivity (Wildman–Crippen MR) is 340 cm³/mol. The van der Waals surface area contributed by atoms with Crippen molar-refractivity contribution in [1.29, 1.82) is 0 Å². The highest BCUT2D eigenvalue weighted by Gasteiger charge is 2.26. The van der Waals surface area contributed by atoms with Gasteiger partial charge in [0.2, 0.25) is 0 Å². The largest absolute Gasteiger partial charge is 0.455 e. The molecule has 0 saturated heterocycles. The first kappa shape index (κ1) is 44.3. The van der Waals surface area contributed by atoms with E-state index < -0.39 is 0 Å². The van der Waals surface area contributed by atoms with Crippen molar-refractivity contribution in [2.24, 2.45) is 0 Å². The zero-order valence-corrected chi connectivity index (χ0v) is 43.6. The average Bonchev–Trinajstić information content (AvgIpc) is 3.84. The third-order valence-corrected chi connectivity index (χ3v) is 17.4. The molecule has 0 bridgehead atoms. The Hall–Kier alpha value is -10.7. The van der Waals surface area contributed by atoms with E-state index in [0.717, 1.165) is 88.1 Å². The Labute approximate surface area is 463 Å². The van der Waals surface area contributed by atoms with Gasteiger partial charge in [-0.1, -0.05) is 206 Å². The van der Waals surface area contributed by atoms with Gasteiger partial charge in [-0.15, -0.1) is 0 Å². The van der Waals surface area contributed by atoms with Gasteiger partial charge in [0.15, 0.2) is 11.2 Å². The Bertz CT molecular complexity index is 5390. The van der Waals surface area contributed by atoms with E-state index in [0.29, 0.717) is 0 Å². The Morgan fingerprint density at radius 1 is 0.185 bits per heavy atom. The van der Waals surface area contributed by atoms with E-state index in [1.807, 2.05) is 18.2 Å². The van der Waals surface area contributed by atoms with Crippen molar-refractivity contribution < 1.29 is 13.3 Å². The monoisotopic (exact) mass is 1030 g/mol. The lowest BCUT2D eigenvalue weighted by molar-refractivity contribution is 0.634. The summed E-state index contributed by atoms with van der Waals surface area (Å²) < 4.78 is 20.9. The van der Waals surface area contributed by atoms with E-state index >= 15 is 0 Å². The van der Waals surface area contributed by atoms with Crippen molar-refractivity contribution in [3.63, 3.8) is 0 Å². The fourth-order valence-corrected chi connectivity index (χ4v) is 13.8. The highest BCUT2D eigenvalue weighted by atomic mass is 16.4. The minimum absolute atomic E-state index is 0.728. The first-order valence-electron chi connectivity index (χ1n) is 27.8. The summed E-state index contributed by atoms with van der Waals surface area (Å²) in [6, 6.07) is 97.7. The van der Waals surface area contributed by atoms with Crippen LogP contribution in [0.25, 0.3) is 186 Å². The molecule has 81 heavy (non-hydrogen) atoms. The highest BCUT2D eigenvalue weighted by molar-refractivity contribution is 6.29. The molecule has 0 radical (unpaired) electrons. The second-order valence-corrected chi connectivity index (χ2v) is 21.7. The number of hydrogen-bond donors (Lipinski definition) is 0. The van der Waals surface area contributed by atoms with Crippen LogP contribution >= 0.6 is 0 Å². The van der Waals surface area contributed by atoms with Crippen LogP contribution in [0.4, 0.5) is 0 Å². The minimum Gasteiger partial charge on any atom is -0.455 e. The fraction of sp³-hybridized carbons (Fsp3) is 0. The second-order valence-electron chi connectivity index (χ2n) is 21.7. The van der Waals surface area contributed by atoms with E-state index in [4.69, 9.17) is 13.3 Å². The molecule has 3 heteroatoms. The standard InChI is InChI=1S/C78H44O3/c1-3-19-47-39-49(35-33-45(47)17-1)70-55-22-5-9-26-59(55)72(60-27-10-6-23-56(60)70)52-41-51(42-53(43-52)73-61-28-11-7-24-57(61)71(58-25-8-12-29-62(58)73)50-36-34-46-18-2-4-20-48(46)40-50)66-44-67-64-38-37-63-54-21-13-15-31-68(54)80-77(63)78(64)81-76(67)74-65-30-14-16-32-69(65)79-75(66)74/h1-44H. The van der Waals surface area contributed by atoms with Crippen LogP contribution in [0.1, 0.15) is 0 Å². The van der Waals surface area contributed by atoms with Crippen LogP contribution in [-0.2, 0) is 0 Å². The summed E-state index contributed by atoms with van der Waals surface area (Å²) in [5, 5.41) is 20.5. The molecular weight excluding hydrogens is 985 g/mol. The molecule has 0 aliphatic heterocycles. The summed E-state index contributed by atoms with van der Waals surface area (Å²) in [7, 11) is 0. The molecule has 0 aliphatic carbocycles. The molecule has 0 amide bonds. The molecular formula is C78H44O3. The van der Waals surface area contributed by atoms with Gasteiger partial charge in [-0.2, -0.15) is 0 Å². The maximum Gasteiger partial charge on any atom is 0.178 e. The van der Waals surface area contributed by atoms with E-state index in [9.17, 15) is 0 Å². The van der Waals surface area contributed by atoms with Gasteiger partial charge < -0.3 is 13.3 Å². The Morgan fingerprint density at radius 2 is 0.543 bits per heavy atom. The second kappa shape index (κ2) is 16.9. The van der Waals surface area contributed by atoms with Gasteiger partial charge >= 0.3 is 0 Å². The van der Waals surface area contributed by atoms with Crippen LogP contribution in [0.15, 0.2) is 280 Å². The van der Waals surface area contributed by atoms with Crippen molar-refractivity contribution >= 4 is 130 Å². The van der Waals surface area contributed by atoms with Crippen LogP contribution in [0, 0.1) is 0 Å². The molecule has 3 nitrogen and oxygen atoms in total. The number of furan rings is 3. The molecule has 18 aromatic rings. The van der Waals surface area contributed by atoms with E-state index in [2.05, 4.69) is 249 Å². The molecule has 3 aromatic heterocycles. The maximum absolute atomic E-state index is 7.16. The van der Waals surface area contributed by atoms with Crippen molar-refractivity contribution in [3.8, 4) is 55.6 Å². The number of para-hydroxylation sites is 2. The summed E-state index contributed by atoms with van der Waals surface area (Å²) in [5.74, 6) is 0. The molecule has 0 unspecified atom stereocenters. The smallest absolute Gasteiger partial charge is 0.178 e. The van der Waals surface area contributed by atoms with Gasteiger partial charge in [-0.3, -0.25) is 0 Å². The number of fused-ring (bicyclic) bond motifs is 17. The van der Waals surface area contributed by atoms with Crippen molar-refractivity contribution in [2.75, 3.05) is 0 Å². The highest BCUT2D eigenvalue weighted by Crippen LogP contribution is 2.52. The zero-order chi connectivity index (χ0) is 52.9. The average molecular weight is 1030 g/mol. The summed E-state index contributed by atoms with van der Waals surface area (Å²) in [6.07, 6.45) is 0. The summed E-state index contributed by atoms with van der Waals surface area (Å²) in [5.41, 5.74) is 16.1. The van der Waals surface area contributed by atoms with Gasteiger partial charge in [-0.25, -0.2) is 0 Å². The molecule has 0 saturated carbocycles. The van der Waals surface area contributed by atoms with Crippen molar-refractivity contribution in [1.82, 2.24) is 0 Å². The molecule has 15 aromatic carbocycles. The van der Waals surface area contributed by atoms with Gasteiger partial charge in [0.1, 0.15) is 22.3 Å². The molecule has 0 spiro atoms. The molecule has 0 fully saturated rings. The first-order valence-corrected chi connectivity index (χ1v) is 27.8. The van der Waals surface area contributed by atoms with Crippen LogP contribution in [0.2, 0.25) is 0 Å². The molecule has 0 N–H and O–H groups in total. The molecule has 18 rings (SSSR count). The van der Waals surface area contributed by atoms with E-state index in [-0.39, 0.29) is 0 Å². The predicted octanol–water partition coefficient (Wildman–Crippen LogP) is 22.6. The topological polar surface area (TPSA) is 39.4 Å². The van der Waals surface area contributed by atoms with Gasteiger partial charge in [0.25, 0.3) is 0 Å². The lowest BCUT2D eigenvalue weighted by Crippen LogP contribution is -1.94. The lowest BCUT2D eigenvalue weighted by atomic mass is 9.82. The number of hydrogen-bond acceptors (Lipinski definition) is 3. The third-order valence-electron chi connectivity index (χ3n) is 17.4. The summed E-state index contributed by atoms with van der Waals surface area (Å²) >= 11 is 0. The van der Waals surface area contributed by atoms with Crippen LogP contribution in [-0.4, -0.2) is 0 Å². The normalized spacial score (nSPS) is 12.2. The summed E-state index contributed by atoms with van der Waals surface area (Å²) in [4.78, 5) is 0. The first-order chi connectivity index (χ1) is 40.2. The Kier molecular flexibility index (Phi) is 9.23. The van der Waals surface area contributed by atoms with Gasteiger partial charge in [0, 0.05) is 32.5 Å². The molecule has 374 valence electrons. The zero-order valence-electron chi connectivity index (χ0n) is 43.6. The SMILES string of the molecule is c1ccc2cc(-c3c4ccccc4c(-c4cc(-c5c6ccccc6c(-c6ccc7ccccc7c6)c6ccccc56)cc(-c5cc6c7ccc8c9ccccc9oc8c7oc6c6c5oc5ccccc56)c4)c4ccccc34)ccc2c1. The number of benzene rings is 15. The van der Waals surface area contributed by atoms with E-state index in [1.165, 1.54) is 98.0 Å². The molecule has 0 atom stereocenters. The van der Waals surface area contributed by atoms with Crippen molar-refractivity contribution in [3.05, 3.63) is 267 Å². The molecule has 3 heterocycles. The van der Waals surface area contributed by atoms with Crippen LogP contribution < -0.4 is 0 Å². The fourth-order valence-electron chi connectivity index (χ4n) is 13.8. The third kappa shape index (κ3) is 6.46. The van der Waals surface area contributed by atoms with Crippen LogP contribution in [0.3, 0.4) is 0 Å². The quantitative estimate of drug-likeness (QED) is 0.161. The maximum atomic E-state index is 7.16. The summed E-state index contributed by atoms with van der Waals surface area (Å²) in [6.45, 7) is 0.